The molecule has 1 atom stereocenters. The largest absolute Gasteiger partial charge is 1.00 e. The molecule has 14 heavy (non-hydrogen) atoms. The molecule has 0 aromatic heterocycles. The average molecular weight is 221 g/mol. The van der Waals surface area contributed by atoms with Crippen molar-refractivity contribution >= 4 is 17.0 Å². The maximum absolute atomic E-state index is 11.0. The van der Waals surface area contributed by atoms with Crippen molar-refractivity contribution in [2.45, 2.75) is 4.90 Å². The van der Waals surface area contributed by atoms with E-state index in [-0.39, 0.29) is 40.4 Å². The van der Waals surface area contributed by atoms with E-state index in [1.165, 1.54) is 31.3 Å². The Morgan fingerprint density at radius 1 is 1.36 bits per heavy atom. The van der Waals surface area contributed by atoms with E-state index < -0.39 is 11.1 Å². The van der Waals surface area contributed by atoms with Crippen molar-refractivity contribution in [1.29, 1.82) is 0 Å². The number of carbonyl (C=O) groups excluding carboxylic acids is 1. The van der Waals surface area contributed by atoms with Crippen LogP contribution in [0.2, 0.25) is 0 Å². The standard InChI is InChI=1S/C8H9NO3S.Na/c1-9-8(10)6-2-4-7(5-3-6)13(11)12;/h2-5H,1H3,(H,9,10)(H,11,12);/q;+1/p-1. The van der Waals surface area contributed by atoms with Crippen LogP contribution >= 0.6 is 0 Å². The minimum atomic E-state index is -2.23. The van der Waals surface area contributed by atoms with Crippen LogP contribution in [0.3, 0.4) is 0 Å². The van der Waals surface area contributed by atoms with Crippen molar-refractivity contribution < 1.29 is 43.1 Å². The van der Waals surface area contributed by atoms with Gasteiger partial charge >= 0.3 is 29.6 Å². The van der Waals surface area contributed by atoms with Crippen molar-refractivity contribution in [3.8, 4) is 0 Å². The van der Waals surface area contributed by atoms with Crippen molar-refractivity contribution in [2.75, 3.05) is 7.05 Å². The van der Waals surface area contributed by atoms with Gasteiger partial charge in [-0.05, 0) is 35.3 Å². The number of carbonyl (C=O) groups is 1. The zero-order valence-corrected chi connectivity index (χ0v) is 10.8. The van der Waals surface area contributed by atoms with Crippen LogP contribution < -0.4 is 34.9 Å². The van der Waals surface area contributed by atoms with Gasteiger partial charge in [0.2, 0.25) is 0 Å². The summed E-state index contributed by atoms with van der Waals surface area (Å²) in [6, 6.07) is 5.69. The van der Waals surface area contributed by atoms with E-state index in [1.807, 2.05) is 0 Å². The molecular weight excluding hydrogens is 213 g/mol. The van der Waals surface area contributed by atoms with E-state index in [1.54, 1.807) is 0 Å². The summed E-state index contributed by atoms with van der Waals surface area (Å²) in [4.78, 5) is 11.2. The molecule has 1 rings (SSSR count). The van der Waals surface area contributed by atoms with Crippen molar-refractivity contribution in [3.63, 3.8) is 0 Å². The van der Waals surface area contributed by atoms with Crippen LogP contribution in [0.4, 0.5) is 0 Å². The molecule has 0 spiro atoms. The fraction of sp³-hybridized carbons (Fsp3) is 0.125. The Morgan fingerprint density at radius 2 is 1.86 bits per heavy atom. The second-order valence-corrected chi connectivity index (χ2v) is 3.28. The van der Waals surface area contributed by atoms with Crippen molar-refractivity contribution in [2.24, 2.45) is 0 Å². The molecule has 0 aliphatic heterocycles. The van der Waals surface area contributed by atoms with Gasteiger partial charge in [-0.15, -0.1) is 0 Å². The summed E-state index contributed by atoms with van der Waals surface area (Å²) < 4.78 is 20.9. The molecule has 0 radical (unpaired) electrons. The monoisotopic (exact) mass is 221 g/mol. The molecule has 0 heterocycles. The second kappa shape index (κ2) is 6.31. The first-order chi connectivity index (χ1) is 6.15. The van der Waals surface area contributed by atoms with E-state index in [9.17, 15) is 13.6 Å². The third-order valence-corrected chi connectivity index (χ3v) is 2.19. The summed E-state index contributed by atoms with van der Waals surface area (Å²) in [5.41, 5.74) is 0.441. The number of rotatable bonds is 2. The molecule has 0 aliphatic rings. The van der Waals surface area contributed by atoms with E-state index in [4.69, 9.17) is 0 Å². The Morgan fingerprint density at radius 3 is 2.21 bits per heavy atom. The summed E-state index contributed by atoms with van der Waals surface area (Å²) in [6.45, 7) is 0. The first-order valence-electron chi connectivity index (χ1n) is 3.56. The average Bonchev–Trinajstić information content (AvgIpc) is 2.17. The summed E-state index contributed by atoms with van der Waals surface area (Å²) >= 11 is -2.23. The van der Waals surface area contributed by atoms with Gasteiger partial charge in [-0.2, -0.15) is 0 Å². The van der Waals surface area contributed by atoms with Gasteiger partial charge in [0.25, 0.3) is 5.91 Å². The number of nitrogens with one attached hydrogen (secondary N) is 1. The van der Waals surface area contributed by atoms with Gasteiger partial charge in [-0.3, -0.25) is 9.00 Å². The van der Waals surface area contributed by atoms with Gasteiger partial charge in [0.15, 0.2) is 0 Å². The van der Waals surface area contributed by atoms with Crippen LogP contribution in [0.1, 0.15) is 10.4 Å². The molecule has 0 saturated heterocycles. The van der Waals surface area contributed by atoms with Crippen LogP contribution in [0.25, 0.3) is 0 Å². The summed E-state index contributed by atoms with van der Waals surface area (Å²) in [7, 11) is 1.52. The second-order valence-electron chi connectivity index (χ2n) is 2.34. The molecule has 0 saturated carbocycles. The van der Waals surface area contributed by atoms with Crippen LogP contribution in [0.5, 0.6) is 0 Å². The van der Waals surface area contributed by atoms with Crippen LogP contribution in [-0.2, 0) is 11.1 Å². The SMILES string of the molecule is CNC(=O)c1ccc(S(=O)[O-])cc1.[Na+]. The molecule has 0 bridgehead atoms. The molecule has 1 aromatic rings. The predicted octanol–water partition coefficient (Wildman–Crippen LogP) is -2.71. The maximum atomic E-state index is 11.0. The zero-order valence-electron chi connectivity index (χ0n) is 7.94. The van der Waals surface area contributed by atoms with Gasteiger partial charge in [0, 0.05) is 17.5 Å². The Balaban J connectivity index is 0.00000169. The quantitative estimate of drug-likeness (QED) is 0.436. The molecule has 4 nitrogen and oxygen atoms in total. The van der Waals surface area contributed by atoms with E-state index >= 15 is 0 Å². The van der Waals surface area contributed by atoms with Gasteiger partial charge in [0.1, 0.15) is 0 Å². The van der Waals surface area contributed by atoms with Crippen LogP contribution in [-0.4, -0.2) is 21.7 Å². The smallest absolute Gasteiger partial charge is 0.768 e. The van der Waals surface area contributed by atoms with Gasteiger partial charge in [0.05, 0.1) is 0 Å². The Kier molecular flexibility index (Phi) is 6.22. The number of hydrogen-bond donors (Lipinski definition) is 1. The minimum absolute atomic E-state index is 0. The third kappa shape index (κ3) is 3.51. The van der Waals surface area contributed by atoms with Crippen LogP contribution in [0, 0.1) is 0 Å². The first-order valence-corrected chi connectivity index (χ1v) is 4.64. The molecule has 70 valence electrons. The topological polar surface area (TPSA) is 69.2 Å². The summed E-state index contributed by atoms with van der Waals surface area (Å²) in [6.07, 6.45) is 0. The number of hydrogen-bond acceptors (Lipinski definition) is 3. The van der Waals surface area contributed by atoms with Gasteiger partial charge in [-0.25, -0.2) is 0 Å². The summed E-state index contributed by atoms with van der Waals surface area (Å²) in [5.74, 6) is -0.233. The first kappa shape index (κ1) is 13.8. The molecule has 6 heteroatoms. The molecular formula is C8H8NNaO3S. The summed E-state index contributed by atoms with van der Waals surface area (Å²) in [5, 5.41) is 2.44. The number of benzene rings is 1. The fourth-order valence-corrected chi connectivity index (χ4v) is 1.22. The van der Waals surface area contributed by atoms with Gasteiger partial charge < -0.3 is 9.87 Å². The van der Waals surface area contributed by atoms with E-state index in [0.29, 0.717) is 5.56 Å². The normalized spacial score (nSPS) is 11.3. The van der Waals surface area contributed by atoms with Crippen molar-refractivity contribution in [1.82, 2.24) is 5.32 Å². The third-order valence-electron chi connectivity index (χ3n) is 1.54. The number of amides is 1. The molecule has 1 N–H and O–H groups in total. The van der Waals surface area contributed by atoms with Crippen LogP contribution in [0.15, 0.2) is 29.2 Å². The Hall–Kier alpha value is -0.200. The minimum Gasteiger partial charge on any atom is -0.768 e. The van der Waals surface area contributed by atoms with E-state index in [2.05, 4.69) is 5.32 Å². The van der Waals surface area contributed by atoms with Crippen molar-refractivity contribution in [3.05, 3.63) is 29.8 Å². The van der Waals surface area contributed by atoms with E-state index in [0.717, 1.165) is 0 Å². The zero-order chi connectivity index (χ0) is 9.84. The predicted molar refractivity (Wildman–Crippen MR) is 47.0 cm³/mol. The molecule has 0 aliphatic carbocycles. The molecule has 1 amide bonds. The maximum Gasteiger partial charge on any atom is 1.00 e. The molecule has 1 aromatic carbocycles. The Bertz CT molecular complexity index is 339. The molecule has 0 fully saturated rings. The Labute approximate surface area is 107 Å². The molecule has 1 unspecified atom stereocenters. The fourth-order valence-electron chi connectivity index (χ4n) is 0.862. The van der Waals surface area contributed by atoms with Gasteiger partial charge in [-0.1, -0.05) is 0 Å².